The lowest BCUT2D eigenvalue weighted by atomic mass is 10.1. The maximum absolute atomic E-state index is 9.43. The van der Waals surface area contributed by atoms with Crippen molar-refractivity contribution in [3.05, 3.63) is 95.1 Å². The van der Waals surface area contributed by atoms with Crippen molar-refractivity contribution in [3.63, 3.8) is 0 Å². The largest absolute Gasteiger partial charge is 0.337 e. The number of nitrogens with one attached hydrogen (secondary N) is 1. The summed E-state index contributed by atoms with van der Waals surface area (Å²) in [5.41, 5.74) is 5.25. The summed E-state index contributed by atoms with van der Waals surface area (Å²) in [5, 5.41) is 12.7. The molecule has 29 heavy (non-hydrogen) atoms. The van der Waals surface area contributed by atoms with Crippen LogP contribution in [0.3, 0.4) is 0 Å². The highest BCUT2D eigenvalue weighted by atomic mass is 15.2. The average Bonchev–Trinajstić information content (AvgIpc) is 3.13. The van der Waals surface area contributed by atoms with Gasteiger partial charge in [-0.3, -0.25) is 0 Å². The van der Waals surface area contributed by atoms with Crippen LogP contribution in [-0.4, -0.2) is 17.5 Å². The van der Waals surface area contributed by atoms with E-state index in [1.165, 1.54) is 11.1 Å². The van der Waals surface area contributed by atoms with Crippen LogP contribution in [0.25, 0.3) is 0 Å². The van der Waals surface area contributed by atoms with Crippen molar-refractivity contribution in [2.24, 2.45) is 15.0 Å². The molecule has 0 saturated heterocycles. The van der Waals surface area contributed by atoms with E-state index >= 15 is 0 Å². The Morgan fingerprint density at radius 2 is 1.48 bits per heavy atom. The Morgan fingerprint density at radius 3 is 2.17 bits per heavy atom. The van der Waals surface area contributed by atoms with Gasteiger partial charge in [0.2, 0.25) is 0 Å². The molecule has 5 heteroatoms. The standard InChI is InChI=1S/C24H19N5/c1-16-7-11-19(12-8-16)26-23-24(27-20-13-9-17(2)10-14-20)29-22(28-23)21-6-4-3-5-18(21)15-25/h3-14H,1-2H3,(H,26,27,28,29). The molecule has 0 saturated carbocycles. The molecule has 1 heterocycles. The first kappa shape index (κ1) is 18.3. The van der Waals surface area contributed by atoms with Gasteiger partial charge in [-0.2, -0.15) is 5.26 Å². The van der Waals surface area contributed by atoms with Gasteiger partial charge in [0.15, 0.2) is 17.5 Å². The smallest absolute Gasteiger partial charge is 0.198 e. The third-order valence-electron chi connectivity index (χ3n) is 4.51. The number of nitrogens with zero attached hydrogens (tertiary/aromatic N) is 4. The van der Waals surface area contributed by atoms with Gasteiger partial charge in [0, 0.05) is 11.3 Å². The third-order valence-corrected chi connectivity index (χ3v) is 4.51. The second-order valence-corrected chi connectivity index (χ2v) is 6.82. The molecule has 1 aliphatic rings. The minimum Gasteiger partial charge on any atom is -0.337 e. The number of aliphatic imine (C=N–C) groups is 3. The zero-order chi connectivity index (χ0) is 20.2. The summed E-state index contributed by atoms with van der Waals surface area (Å²) >= 11 is 0. The van der Waals surface area contributed by atoms with Gasteiger partial charge in [-0.1, -0.05) is 47.5 Å². The molecule has 4 rings (SSSR count). The summed E-state index contributed by atoms with van der Waals surface area (Å²) in [4.78, 5) is 14.0. The van der Waals surface area contributed by atoms with Crippen molar-refractivity contribution in [1.29, 1.82) is 5.26 Å². The van der Waals surface area contributed by atoms with Gasteiger partial charge in [0.05, 0.1) is 17.3 Å². The van der Waals surface area contributed by atoms with Crippen molar-refractivity contribution >= 4 is 28.9 Å². The maximum Gasteiger partial charge on any atom is 0.198 e. The van der Waals surface area contributed by atoms with Crippen LogP contribution in [0.5, 0.6) is 0 Å². The monoisotopic (exact) mass is 377 g/mol. The first-order valence-corrected chi connectivity index (χ1v) is 9.29. The average molecular weight is 377 g/mol. The Balaban J connectivity index is 1.75. The maximum atomic E-state index is 9.43. The predicted molar refractivity (Wildman–Crippen MR) is 118 cm³/mol. The van der Waals surface area contributed by atoms with Crippen molar-refractivity contribution in [3.8, 4) is 6.07 Å². The molecular formula is C24H19N5. The first-order chi connectivity index (χ1) is 14.1. The van der Waals surface area contributed by atoms with Crippen LogP contribution >= 0.6 is 0 Å². The zero-order valence-corrected chi connectivity index (χ0v) is 16.2. The van der Waals surface area contributed by atoms with Gasteiger partial charge in [-0.25, -0.2) is 15.0 Å². The molecule has 1 aliphatic heterocycles. The van der Waals surface area contributed by atoms with Crippen LogP contribution in [0.1, 0.15) is 22.3 Å². The Bertz CT molecular complexity index is 1180. The molecule has 0 amide bonds. The molecular weight excluding hydrogens is 358 g/mol. The Kier molecular flexibility index (Phi) is 5.00. The lowest BCUT2D eigenvalue weighted by Crippen LogP contribution is -2.18. The molecule has 0 aliphatic carbocycles. The normalized spacial score (nSPS) is 14.3. The van der Waals surface area contributed by atoms with Crippen LogP contribution in [0.4, 0.5) is 11.4 Å². The van der Waals surface area contributed by atoms with Crippen molar-refractivity contribution in [1.82, 2.24) is 0 Å². The van der Waals surface area contributed by atoms with E-state index < -0.39 is 0 Å². The summed E-state index contributed by atoms with van der Waals surface area (Å²) in [6.45, 7) is 4.08. The van der Waals surface area contributed by atoms with Crippen LogP contribution in [0.15, 0.2) is 87.8 Å². The second-order valence-electron chi connectivity index (χ2n) is 6.82. The fraction of sp³-hybridized carbons (Fsp3) is 0.0833. The summed E-state index contributed by atoms with van der Waals surface area (Å²) in [6.07, 6.45) is 0. The summed E-state index contributed by atoms with van der Waals surface area (Å²) in [7, 11) is 0. The van der Waals surface area contributed by atoms with Gasteiger partial charge in [-0.15, -0.1) is 0 Å². The molecule has 3 aromatic carbocycles. The Morgan fingerprint density at radius 1 is 0.828 bits per heavy atom. The van der Waals surface area contributed by atoms with E-state index in [4.69, 9.17) is 0 Å². The topological polar surface area (TPSA) is 72.9 Å². The van der Waals surface area contributed by atoms with Gasteiger partial charge in [0.1, 0.15) is 0 Å². The number of benzene rings is 3. The molecule has 5 nitrogen and oxygen atoms in total. The molecule has 3 aromatic rings. The lowest BCUT2D eigenvalue weighted by Gasteiger charge is -2.06. The number of amidine groups is 3. The van der Waals surface area contributed by atoms with E-state index in [2.05, 4.69) is 26.4 Å². The predicted octanol–water partition coefficient (Wildman–Crippen LogP) is 5.18. The van der Waals surface area contributed by atoms with Gasteiger partial charge in [0.25, 0.3) is 0 Å². The van der Waals surface area contributed by atoms with Crippen LogP contribution in [0, 0.1) is 25.2 Å². The number of rotatable bonds is 3. The van der Waals surface area contributed by atoms with E-state index in [1.54, 1.807) is 6.07 Å². The lowest BCUT2D eigenvalue weighted by molar-refractivity contribution is 1.42. The highest BCUT2D eigenvalue weighted by Crippen LogP contribution is 2.20. The van der Waals surface area contributed by atoms with Crippen LogP contribution in [0.2, 0.25) is 0 Å². The summed E-state index contributed by atoms with van der Waals surface area (Å²) < 4.78 is 0. The number of aryl methyl sites for hydroxylation is 2. The molecule has 140 valence electrons. The van der Waals surface area contributed by atoms with Crippen LogP contribution in [-0.2, 0) is 0 Å². The highest BCUT2D eigenvalue weighted by Gasteiger charge is 2.21. The van der Waals surface area contributed by atoms with Crippen molar-refractivity contribution in [2.75, 3.05) is 5.32 Å². The quantitative estimate of drug-likeness (QED) is 0.683. The number of hydrogen-bond acceptors (Lipinski definition) is 4. The molecule has 0 atom stereocenters. The van der Waals surface area contributed by atoms with Crippen molar-refractivity contribution in [2.45, 2.75) is 13.8 Å². The molecule has 0 spiro atoms. The minimum absolute atomic E-state index is 0.475. The molecule has 1 N–H and O–H groups in total. The van der Waals surface area contributed by atoms with E-state index in [9.17, 15) is 5.26 Å². The molecule has 0 aromatic heterocycles. The van der Waals surface area contributed by atoms with Gasteiger partial charge in [-0.05, 0) is 50.2 Å². The summed E-state index contributed by atoms with van der Waals surface area (Å²) in [5.74, 6) is 1.51. The van der Waals surface area contributed by atoms with Crippen molar-refractivity contribution < 1.29 is 0 Å². The second kappa shape index (κ2) is 7.91. The van der Waals surface area contributed by atoms with E-state index in [0.29, 0.717) is 28.6 Å². The molecule has 0 fully saturated rings. The fourth-order valence-electron chi connectivity index (χ4n) is 2.91. The molecule has 0 radical (unpaired) electrons. The van der Waals surface area contributed by atoms with E-state index in [0.717, 1.165) is 11.4 Å². The Labute approximate surface area is 169 Å². The number of hydrogen-bond donors (Lipinski definition) is 1. The number of anilines is 1. The minimum atomic E-state index is 0.475. The zero-order valence-electron chi connectivity index (χ0n) is 16.2. The fourth-order valence-corrected chi connectivity index (χ4v) is 2.91. The van der Waals surface area contributed by atoms with Gasteiger partial charge >= 0.3 is 0 Å². The first-order valence-electron chi connectivity index (χ1n) is 9.29. The summed E-state index contributed by atoms with van der Waals surface area (Å²) in [6, 6.07) is 25.5. The van der Waals surface area contributed by atoms with E-state index in [-0.39, 0.29) is 0 Å². The van der Waals surface area contributed by atoms with E-state index in [1.807, 2.05) is 80.6 Å². The van der Waals surface area contributed by atoms with Crippen LogP contribution < -0.4 is 5.32 Å². The Hall–Kier alpha value is -4.04. The third kappa shape index (κ3) is 4.12. The molecule has 0 unspecified atom stereocenters. The molecule has 0 bridgehead atoms. The SMILES string of the molecule is Cc1ccc(N=C2N=C(c3ccccc3C#N)N=C2Nc2ccc(C)cc2)cc1. The highest BCUT2D eigenvalue weighted by molar-refractivity contribution is 6.51. The number of nitriles is 1. The van der Waals surface area contributed by atoms with Gasteiger partial charge < -0.3 is 5.32 Å².